The first-order valence-corrected chi connectivity index (χ1v) is 7.45. The maximum Gasteiger partial charge on any atom is 0.335 e. The fourth-order valence-electron chi connectivity index (χ4n) is 2.52. The van der Waals surface area contributed by atoms with Gasteiger partial charge in [0.05, 0.1) is 11.3 Å². The fourth-order valence-corrected chi connectivity index (χ4v) is 2.76. The molecule has 0 aliphatic carbocycles. The van der Waals surface area contributed by atoms with Gasteiger partial charge in [0, 0.05) is 5.56 Å². The van der Waals surface area contributed by atoms with Crippen LogP contribution in [0.1, 0.15) is 10.4 Å². The van der Waals surface area contributed by atoms with Gasteiger partial charge in [0.2, 0.25) is 6.79 Å². The van der Waals surface area contributed by atoms with Gasteiger partial charge < -0.3 is 14.6 Å². The number of aromatic nitrogens is 3. The third-order valence-electron chi connectivity index (χ3n) is 3.68. The molecule has 120 valence electrons. The molecule has 1 aliphatic heterocycles. The topological polar surface area (TPSA) is 89.4 Å². The first-order chi connectivity index (χ1) is 11.6. The minimum Gasteiger partial charge on any atom is -0.478 e. The molecule has 0 bridgehead atoms. The van der Waals surface area contributed by atoms with E-state index in [9.17, 15) is 4.79 Å². The van der Waals surface area contributed by atoms with Crippen LogP contribution in [0.3, 0.4) is 0 Å². The van der Waals surface area contributed by atoms with Crippen LogP contribution in [0.4, 0.5) is 0 Å². The lowest BCUT2D eigenvalue weighted by molar-refractivity contribution is 0.0697. The van der Waals surface area contributed by atoms with Crippen molar-refractivity contribution in [1.29, 1.82) is 0 Å². The first kappa shape index (κ1) is 14.5. The van der Waals surface area contributed by atoms with Gasteiger partial charge in [-0.2, -0.15) is 5.10 Å². The maximum atomic E-state index is 11.0. The monoisotopic (exact) mass is 341 g/mol. The van der Waals surface area contributed by atoms with E-state index in [1.54, 1.807) is 16.7 Å². The number of carbonyl (C=O) groups is 1. The largest absolute Gasteiger partial charge is 0.478 e. The van der Waals surface area contributed by atoms with Gasteiger partial charge in [0.25, 0.3) is 0 Å². The molecule has 0 radical (unpaired) electrons. The molecule has 2 heterocycles. The van der Waals surface area contributed by atoms with Crippen LogP contribution in [-0.2, 0) is 0 Å². The molecule has 0 unspecified atom stereocenters. The van der Waals surface area contributed by atoms with Crippen LogP contribution in [0, 0.1) is 4.77 Å². The molecule has 0 fully saturated rings. The average molecular weight is 341 g/mol. The second kappa shape index (κ2) is 5.50. The van der Waals surface area contributed by atoms with Crippen LogP contribution in [0.25, 0.3) is 17.1 Å². The molecular weight excluding hydrogens is 330 g/mol. The van der Waals surface area contributed by atoms with Gasteiger partial charge >= 0.3 is 5.97 Å². The molecule has 7 nitrogen and oxygen atoms in total. The quantitative estimate of drug-likeness (QED) is 0.712. The fraction of sp³-hybridized carbons (Fsp3) is 0.0625. The number of carboxylic acid groups (broad SMARTS) is 1. The number of nitrogens with zero attached hydrogens (tertiary/aromatic N) is 2. The standard InChI is InChI=1S/C16H11N3O4S/c20-15(21)9-1-4-11(5-2-9)19-14(17-18-16(19)24)10-3-6-12-13(7-10)23-8-22-12/h1-7H,8H2,(H,18,24)(H,20,21). The summed E-state index contributed by atoms with van der Waals surface area (Å²) in [6.45, 7) is 0.197. The Morgan fingerprint density at radius 1 is 1.17 bits per heavy atom. The number of hydrogen-bond donors (Lipinski definition) is 2. The highest BCUT2D eigenvalue weighted by Crippen LogP contribution is 2.35. The molecule has 24 heavy (non-hydrogen) atoms. The molecule has 2 aromatic carbocycles. The van der Waals surface area contributed by atoms with E-state index in [1.165, 1.54) is 12.1 Å². The van der Waals surface area contributed by atoms with Crippen LogP contribution < -0.4 is 9.47 Å². The summed E-state index contributed by atoms with van der Waals surface area (Å²) in [6, 6.07) is 11.9. The maximum absolute atomic E-state index is 11.0. The molecule has 0 amide bonds. The number of ether oxygens (including phenoxy) is 2. The summed E-state index contributed by atoms with van der Waals surface area (Å²) in [5.74, 6) is 0.953. The Morgan fingerprint density at radius 2 is 1.92 bits per heavy atom. The van der Waals surface area contributed by atoms with Crippen molar-refractivity contribution < 1.29 is 19.4 Å². The highest BCUT2D eigenvalue weighted by atomic mass is 32.1. The van der Waals surface area contributed by atoms with Crippen molar-refractivity contribution >= 4 is 18.2 Å². The van der Waals surface area contributed by atoms with Gasteiger partial charge in [0.15, 0.2) is 22.1 Å². The summed E-state index contributed by atoms with van der Waals surface area (Å²) in [4.78, 5) is 11.0. The SMILES string of the molecule is O=C(O)c1ccc(-n2c(-c3ccc4c(c3)OCO4)n[nH]c2=S)cc1. The Balaban J connectivity index is 1.82. The summed E-state index contributed by atoms with van der Waals surface area (Å²) in [5.41, 5.74) is 1.72. The molecule has 0 spiro atoms. The van der Waals surface area contributed by atoms with E-state index in [-0.39, 0.29) is 12.4 Å². The molecule has 1 aliphatic rings. The van der Waals surface area contributed by atoms with Gasteiger partial charge in [-0.3, -0.25) is 9.67 Å². The van der Waals surface area contributed by atoms with Crippen molar-refractivity contribution in [1.82, 2.24) is 14.8 Å². The number of fused-ring (bicyclic) bond motifs is 1. The summed E-state index contributed by atoms with van der Waals surface area (Å²) in [7, 11) is 0. The number of nitrogens with one attached hydrogen (secondary N) is 1. The van der Waals surface area contributed by atoms with Crippen molar-refractivity contribution in [2.45, 2.75) is 0 Å². The van der Waals surface area contributed by atoms with E-state index in [0.29, 0.717) is 27.8 Å². The second-order valence-electron chi connectivity index (χ2n) is 5.11. The molecule has 1 aromatic heterocycles. The Morgan fingerprint density at radius 3 is 2.67 bits per heavy atom. The lowest BCUT2D eigenvalue weighted by atomic mass is 10.1. The molecule has 0 saturated heterocycles. The van der Waals surface area contributed by atoms with E-state index in [2.05, 4.69) is 10.2 Å². The molecule has 3 aromatic rings. The lowest BCUT2D eigenvalue weighted by Gasteiger charge is -2.08. The van der Waals surface area contributed by atoms with Crippen LogP contribution in [0.2, 0.25) is 0 Å². The minimum absolute atomic E-state index is 0.197. The van der Waals surface area contributed by atoms with Crippen LogP contribution >= 0.6 is 12.2 Å². The summed E-state index contributed by atoms with van der Waals surface area (Å²) >= 11 is 5.31. The number of benzene rings is 2. The summed E-state index contributed by atoms with van der Waals surface area (Å²) < 4.78 is 12.8. The summed E-state index contributed by atoms with van der Waals surface area (Å²) in [6.07, 6.45) is 0. The third-order valence-corrected chi connectivity index (χ3v) is 3.95. The average Bonchev–Trinajstić information content (AvgIpc) is 3.20. The van der Waals surface area contributed by atoms with E-state index in [0.717, 1.165) is 5.56 Å². The zero-order chi connectivity index (χ0) is 16.7. The van der Waals surface area contributed by atoms with E-state index in [1.807, 2.05) is 18.2 Å². The van der Waals surface area contributed by atoms with Crippen LogP contribution in [0.5, 0.6) is 11.5 Å². The van der Waals surface area contributed by atoms with Gasteiger partial charge in [-0.1, -0.05) is 0 Å². The van der Waals surface area contributed by atoms with Crippen molar-refractivity contribution in [3.63, 3.8) is 0 Å². The Bertz CT molecular complexity index is 991. The highest BCUT2D eigenvalue weighted by molar-refractivity contribution is 7.71. The van der Waals surface area contributed by atoms with Gasteiger partial charge in [-0.25, -0.2) is 4.79 Å². The number of aromatic carboxylic acids is 1. The summed E-state index contributed by atoms with van der Waals surface area (Å²) in [5, 5.41) is 16.1. The molecule has 0 atom stereocenters. The smallest absolute Gasteiger partial charge is 0.335 e. The molecule has 2 N–H and O–H groups in total. The van der Waals surface area contributed by atoms with Crippen molar-refractivity contribution in [2.75, 3.05) is 6.79 Å². The number of carboxylic acids is 1. The first-order valence-electron chi connectivity index (χ1n) is 7.04. The third kappa shape index (κ3) is 2.33. The molecule has 0 saturated carbocycles. The van der Waals surface area contributed by atoms with Crippen molar-refractivity contribution in [3.8, 4) is 28.6 Å². The number of H-pyrrole nitrogens is 1. The van der Waals surface area contributed by atoms with Gasteiger partial charge in [0.1, 0.15) is 0 Å². The Hall–Kier alpha value is -3.13. The Labute approximate surface area is 141 Å². The zero-order valence-corrected chi connectivity index (χ0v) is 13.0. The van der Waals surface area contributed by atoms with Crippen LogP contribution in [0.15, 0.2) is 42.5 Å². The molecule has 8 heteroatoms. The zero-order valence-electron chi connectivity index (χ0n) is 12.2. The predicted octanol–water partition coefficient (Wildman–Crippen LogP) is 3.02. The van der Waals surface area contributed by atoms with E-state index < -0.39 is 5.97 Å². The van der Waals surface area contributed by atoms with Gasteiger partial charge in [-0.15, -0.1) is 0 Å². The van der Waals surface area contributed by atoms with E-state index in [4.69, 9.17) is 26.8 Å². The molecule has 4 rings (SSSR count). The minimum atomic E-state index is -0.978. The van der Waals surface area contributed by atoms with E-state index >= 15 is 0 Å². The highest BCUT2D eigenvalue weighted by Gasteiger charge is 2.17. The number of aromatic amines is 1. The van der Waals surface area contributed by atoms with Gasteiger partial charge in [-0.05, 0) is 54.7 Å². The number of hydrogen-bond acceptors (Lipinski definition) is 5. The van der Waals surface area contributed by atoms with Crippen LogP contribution in [-0.4, -0.2) is 32.6 Å². The Kier molecular flexibility index (Phi) is 3.31. The van der Waals surface area contributed by atoms with Crippen molar-refractivity contribution in [2.24, 2.45) is 0 Å². The van der Waals surface area contributed by atoms with Crippen molar-refractivity contribution in [3.05, 3.63) is 52.8 Å². The normalized spacial score (nSPS) is 12.3. The predicted molar refractivity (Wildman–Crippen MR) is 87.3 cm³/mol. The number of rotatable bonds is 3. The lowest BCUT2D eigenvalue weighted by Crippen LogP contribution is -2.00. The second-order valence-corrected chi connectivity index (χ2v) is 5.49. The molecular formula is C16H11N3O4S.